The molecule has 0 fully saturated rings. The molecule has 0 saturated heterocycles. The van der Waals surface area contributed by atoms with Crippen molar-refractivity contribution < 1.29 is 4.79 Å². The maximum Gasteiger partial charge on any atom is 0.209 e. The van der Waals surface area contributed by atoms with Crippen LogP contribution in [0.5, 0.6) is 0 Å². The number of aromatic amines is 1. The van der Waals surface area contributed by atoms with Gasteiger partial charge in [0.15, 0.2) is 11.6 Å². The van der Waals surface area contributed by atoms with E-state index in [1.165, 1.54) is 22.9 Å². The highest BCUT2D eigenvalue weighted by atomic mass is 32.2. The molecule has 148 valence electrons. The molecule has 4 aromatic rings. The van der Waals surface area contributed by atoms with Gasteiger partial charge in [-0.1, -0.05) is 23.9 Å². The summed E-state index contributed by atoms with van der Waals surface area (Å²) in [5.41, 5.74) is 6.36. The van der Waals surface area contributed by atoms with Gasteiger partial charge in [-0.3, -0.25) is 9.89 Å². The van der Waals surface area contributed by atoms with Gasteiger partial charge in [0, 0.05) is 22.6 Å². The van der Waals surface area contributed by atoms with Crippen molar-refractivity contribution in [1.29, 1.82) is 0 Å². The van der Waals surface area contributed by atoms with Crippen LogP contribution in [0, 0.1) is 27.7 Å². The summed E-state index contributed by atoms with van der Waals surface area (Å²) in [7, 11) is 0. The van der Waals surface area contributed by atoms with Crippen molar-refractivity contribution in [2.24, 2.45) is 0 Å². The molecule has 4 rings (SSSR count). The molecule has 0 aliphatic rings. The third kappa shape index (κ3) is 3.93. The van der Waals surface area contributed by atoms with Gasteiger partial charge in [0.1, 0.15) is 0 Å². The van der Waals surface area contributed by atoms with Crippen molar-refractivity contribution in [3.63, 3.8) is 0 Å². The summed E-state index contributed by atoms with van der Waals surface area (Å²) < 4.78 is 2.14. The van der Waals surface area contributed by atoms with Crippen molar-refractivity contribution in [3.8, 4) is 16.4 Å². The number of Topliss-reactive ketones (excluding diaryl/α,β-unsaturated/α-hetero) is 1. The Kier molecular flexibility index (Phi) is 5.43. The Hall–Kier alpha value is -2.64. The van der Waals surface area contributed by atoms with Crippen molar-refractivity contribution >= 4 is 28.9 Å². The van der Waals surface area contributed by atoms with Crippen LogP contribution in [0.1, 0.15) is 32.9 Å². The molecular weight excluding hydrogens is 400 g/mol. The maximum absolute atomic E-state index is 12.9. The van der Waals surface area contributed by atoms with Crippen molar-refractivity contribution in [3.05, 3.63) is 69.9 Å². The number of carbonyl (C=O) groups is 1. The topological polar surface area (TPSA) is 63.6 Å². The number of nitrogens with one attached hydrogen (secondary N) is 1. The summed E-state index contributed by atoms with van der Waals surface area (Å²) in [5, 5.41) is 9.75. The summed E-state index contributed by atoms with van der Waals surface area (Å²) in [6.45, 7) is 8.25. The van der Waals surface area contributed by atoms with E-state index in [1.807, 2.05) is 37.4 Å². The molecule has 1 aromatic carbocycles. The first-order chi connectivity index (χ1) is 13.9. The van der Waals surface area contributed by atoms with E-state index in [2.05, 4.69) is 51.8 Å². The Bertz CT molecular complexity index is 1170. The maximum atomic E-state index is 12.9. The van der Waals surface area contributed by atoms with Gasteiger partial charge < -0.3 is 4.57 Å². The van der Waals surface area contributed by atoms with E-state index in [0.29, 0.717) is 10.9 Å². The largest absolute Gasteiger partial charge is 0.318 e. The number of rotatable bonds is 6. The number of aryl methyl sites for hydroxylation is 3. The second-order valence-corrected chi connectivity index (χ2v) is 8.93. The van der Waals surface area contributed by atoms with E-state index >= 15 is 0 Å². The number of carbonyl (C=O) groups excluding carboxylic acids is 1. The van der Waals surface area contributed by atoms with Crippen molar-refractivity contribution in [1.82, 2.24) is 19.7 Å². The summed E-state index contributed by atoms with van der Waals surface area (Å²) in [5.74, 6) is 1.13. The van der Waals surface area contributed by atoms with E-state index in [-0.39, 0.29) is 5.78 Å². The number of hydrogen-bond donors (Lipinski definition) is 1. The number of hydrogen-bond acceptors (Lipinski definition) is 5. The first kappa shape index (κ1) is 19.7. The minimum Gasteiger partial charge on any atom is -0.318 e. The lowest BCUT2D eigenvalue weighted by Crippen LogP contribution is -2.06. The van der Waals surface area contributed by atoms with Crippen molar-refractivity contribution in [2.75, 3.05) is 5.75 Å². The van der Waals surface area contributed by atoms with Crippen LogP contribution in [0.25, 0.3) is 16.4 Å². The molecule has 0 amide bonds. The average molecular weight is 423 g/mol. The predicted molar refractivity (Wildman–Crippen MR) is 119 cm³/mol. The van der Waals surface area contributed by atoms with E-state index < -0.39 is 0 Å². The van der Waals surface area contributed by atoms with E-state index in [0.717, 1.165) is 33.3 Å². The number of aromatic nitrogens is 4. The summed E-state index contributed by atoms with van der Waals surface area (Å²) in [6, 6.07) is 12.3. The van der Waals surface area contributed by atoms with Crippen LogP contribution in [-0.4, -0.2) is 31.3 Å². The molecular formula is C22H22N4OS2. The predicted octanol–water partition coefficient (Wildman–Crippen LogP) is 5.53. The summed E-state index contributed by atoms with van der Waals surface area (Å²) in [6.07, 6.45) is 0. The number of ketones is 1. The molecule has 1 N–H and O–H groups in total. The van der Waals surface area contributed by atoms with Crippen LogP contribution < -0.4 is 0 Å². The second-order valence-electron chi connectivity index (χ2n) is 7.04. The van der Waals surface area contributed by atoms with Gasteiger partial charge in [0.05, 0.1) is 10.6 Å². The van der Waals surface area contributed by atoms with Crippen LogP contribution in [-0.2, 0) is 0 Å². The molecule has 3 heterocycles. The van der Waals surface area contributed by atoms with Gasteiger partial charge >= 0.3 is 0 Å². The zero-order valence-corrected chi connectivity index (χ0v) is 18.4. The molecule has 3 aromatic heterocycles. The van der Waals surface area contributed by atoms with Crippen LogP contribution in [0.2, 0.25) is 0 Å². The minimum absolute atomic E-state index is 0.0839. The molecule has 0 aliphatic heterocycles. The summed E-state index contributed by atoms with van der Waals surface area (Å²) in [4.78, 5) is 18.4. The molecule has 5 nitrogen and oxygen atoms in total. The fraction of sp³-hybridized carbons (Fsp3) is 0.227. The summed E-state index contributed by atoms with van der Waals surface area (Å²) >= 11 is 2.96. The molecule has 7 heteroatoms. The zero-order valence-electron chi connectivity index (χ0n) is 16.8. The average Bonchev–Trinajstić information content (AvgIpc) is 3.43. The minimum atomic E-state index is 0.0839. The number of benzene rings is 1. The highest BCUT2D eigenvalue weighted by Crippen LogP contribution is 2.26. The van der Waals surface area contributed by atoms with E-state index in [9.17, 15) is 4.79 Å². The van der Waals surface area contributed by atoms with Gasteiger partial charge in [-0.25, -0.2) is 4.98 Å². The first-order valence-corrected chi connectivity index (χ1v) is 11.2. The number of nitrogens with zero attached hydrogens (tertiary/aromatic N) is 3. The Morgan fingerprint density at radius 1 is 1.14 bits per heavy atom. The number of H-pyrrole nitrogens is 1. The third-order valence-corrected chi connectivity index (χ3v) is 6.76. The Balaban J connectivity index is 1.51. The lowest BCUT2D eigenvalue weighted by Gasteiger charge is -2.12. The van der Waals surface area contributed by atoms with Gasteiger partial charge in [0.2, 0.25) is 5.16 Å². The highest BCUT2D eigenvalue weighted by Gasteiger charge is 2.18. The standard InChI is InChI=1S/C22H22N4OS2/c1-13-7-8-17(10-14(13)2)26-15(3)11-18(16(26)4)19(27)12-29-22-23-21(24-25-22)20-6-5-9-28-20/h5-11H,12H2,1-4H3,(H,23,24,25). The quantitative estimate of drug-likeness (QED) is 0.328. The van der Waals surface area contributed by atoms with Crippen molar-refractivity contribution in [2.45, 2.75) is 32.9 Å². The molecule has 0 unspecified atom stereocenters. The number of thiophene rings is 1. The molecule has 0 aliphatic carbocycles. The molecule has 0 saturated carbocycles. The lowest BCUT2D eigenvalue weighted by atomic mass is 10.1. The monoisotopic (exact) mass is 422 g/mol. The number of thioether (sulfide) groups is 1. The second kappa shape index (κ2) is 8.00. The Labute approximate surface area is 178 Å². The van der Waals surface area contributed by atoms with Gasteiger partial charge in [-0.15, -0.1) is 16.4 Å². The molecule has 29 heavy (non-hydrogen) atoms. The van der Waals surface area contributed by atoms with Gasteiger partial charge in [-0.2, -0.15) is 0 Å². The van der Waals surface area contributed by atoms with Gasteiger partial charge in [0.25, 0.3) is 0 Å². The SMILES string of the molecule is Cc1ccc(-n2c(C)cc(C(=O)CSc3n[nH]c(-c4cccs4)n3)c2C)cc1C. The van der Waals surface area contributed by atoms with E-state index in [4.69, 9.17) is 0 Å². The van der Waals surface area contributed by atoms with E-state index in [1.54, 1.807) is 11.3 Å². The smallest absolute Gasteiger partial charge is 0.209 e. The fourth-order valence-corrected chi connectivity index (χ4v) is 4.69. The van der Waals surface area contributed by atoms with Crippen LogP contribution >= 0.6 is 23.1 Å². The third-order valence-electron chi connectivity index (χ3n) is 5.03. The molecule has 0 radical (unpaired) electrons. The molecule has 0 atom stereocenters. The lowest BCUT2D eigenvalue weighted by molar-refractivity contribution is 0.102. The first-order valence-electron chi connectivity index (χ1n) is 9.33. The molecule has 0 bridgehead atoms. The molecule has 0 spiro atoms. The Morgan fingerprint density at radius 2 is 1.97 bits per heavy atom. The Morgan fingerprint density at radius 3 is 2.69 bits per heavy atom. The van der Waals surface area contributed by atoms with Crippen LogP contribution in [0.4, 0.5) is 0 Å². The fourth-order valence-electron chi connectivity index (χ4n) is 3.35. The van der Waals surface area contributed by atoms with Crippen LogP contribution in [0.3, 0.4) is 0 Å². The van der Waals surface area contributed by atoms with Gasteiger partial charge in [-0.05, 0) is 68.5 Å². The zero-order chi connectivity index (χ0) is 20.5. The highest BCUT2D eigenvalue weighted by molar-refractivity contribution is 7.99. The van der Waals surface area contributed by atoms with Crippen LogP contribution in [0.15, 0.2) is 46.9 Å². The normalized spacial score (nSPS) is 11.2.